The van der Waals surface area contributed by atoms with E-state index in [0.717, 1.165) is 5.69 Å². The maximum atomic E-state index is 5.75. The average molecular weight is 246 g/mol. The number of aromatic nitrogens is 1. The van der Waals surface area contributed by atoms with Crippen LogP contribution in [0.15, 0.2) is 36.0 Å². The van der Waals surface area contributed by atoms with Gasteiger partial charge in [0.1, 0.15) is 0 Å². The van der Waals surface area contributed by atoms with Crippen molar-refractivity contribution in [2.75, 3.05) is 13.1 Å². The van der Waals surface area contributed by atoms with Crippen LogP contribution >= 0.6 is 0 Å². The summed E-state index contributed by atoms with van der Waals surface area (Å²) in [5.41, 5.74) is 7.86. The van der Waals surface area contributed by atoms with Gasteiger partial charge in [0.2, 0.25) is 0 Å². The molecule has 0 unspecified atom stereocenters. The fraction of sp³-hybridized carbons (Fsp3) is 0.429. The molecule has 18 heavy (non-hydrogen) atoms. The molecule has 4 nitrogen and oxygen atoms in total. The number of nitrogens with one attached hydrogen (secondary N) is 1. The Bertz CT molecular complexity index is 435. The molecule has 0 spiro atoms. The van der Waals surface area contributed by atoms with Crippen LogP contribution in [0.4, 0.5) is 0 Å². The standard InChI is InChI=1S/C14H22N4/c1-5-8-17-13(15)18-10-14(3,4)12-11(2)7-6-9-16-12/h5-7,9H,1,8,10H2,2-4H3,(H3,15,17,18). The first-order chi connectivity index (χ1) is 8.47. The van der Waals surface area contributed by atoms with Crippen molar-refractivity contribution >= 4 is 5.96 Å². The Morgan fingerprint density at radius 3 is 2.94 bits per heavy atom. The van der Waals surface area contributed by atoms with Gasteiger partial charge in [-0.1, -0.05) is 26.0 Å². The van der Waals surface area contributed by atoms with Crippen molar-refractivity contribution in [3.8, 4) is 0 Å². The molecule has 1 rings (SSSR count). The normalized spacial score (nSPS) is 12.3. The highest BCUT2D eigenvalue weighted by Gasteiger charge is 2.23. The first-order valence-electron chi connectivity index (χ1n) is 6.04. The predicted octanol–water partition coefficient (Wildman–Crippen LogP) is 1.76. The van der Waals surface area contributed by atoms with Crippen molar-refractivity contribution in [3.63, 3.8) is 0 Å². The van der Waals surface area contributed by atoms with Crippen molar-refractivity contribution in [1.29, 1.82) is 0 Å². The summed E-state index contributed by atoms with van der Waals surface area (Å²) in [6, 6.07) is 4.01. The van der Waals surface area contributed by atoms with E-state index in [9.17, 15) is 0 Å². The number of pyridine rings is 1. The van der Waals surface area contributed by atoms with E-state index in [2.05, 4.69) is 48.7 Å². The Balaban J connectivity index is 2.76. The van der Waals surface area contributed by atoms with Crippen molar-refractivity contribution in [2.24, 2.45) is 10.7 Å². The molecule has 1 aromatic heterocycles. The molecule has 1 aromatic rings. The lowest BCUT2D eigenvalue weighted by Gasteiger charge is -2.23. The maximum absolute atomic E-state index is 5.75. The maximum Gasteiger partial charge on any atom is 0.188 e. The Labute approximate surface area is 109 Å². The van der Waals surface area contributed by atoms with Crippen LogP contribution in [0, 0.1) is 6.92 Å². The highest BCUT2D eigenvalue weighted by Crippen LogP contribution is 2.24. The van der Waals surface area contributed by atoms with Gasteiger partial charge in [-0.15, -0.1) is 6.58 Å². The molecule has 0 aliphatic heterocycles. The SMILES string of the molecule is C=CCNC(N)=NCC(C)(C)c1ncccc1C. The number of hydrogen-bond donors (Lipinski definition) is 2. The molecule has 0 radical (unpaired) electrons. The minimum atomic E-state index is -0.133. The molecular weight excluding hydrogens is 224 g/mol. The Morgan fingerprint density at radius 2 is 2.33 bits per heavy atom. The third-order valence-electron chi connectivity index (χ3n) is 2.72. The third kappa shape index (κ3) is 3.87. The molecule has 4 heteroatoms. The number of rotatable bonds is 5. The molecule has 0 aliphatic carbocycles. The van der Waals surface area contributed by atoms with Crippen LogP contribution in [0.3, 0.4) is 0 Å². The van der Waals surface area contributed by atoms with Crippen molar-refractivity contribution in [3.05, 3.63) is 42.2 Å². The van der Waals surface area contributed by atoms with Crippen LogP contribution < -0.4 is 11.1 Å². The van der Waals surface area contributed by atoms with E-state index in [1.165, 1.54) is 5.56 Å². The lowest BCUT2D eigenvalue weighted by Crippen LogP contribution is -2.34. The monoisotopic (exact) mass is 246 g/mol. The summed E-state index contributed by atoms with van der Waals surface area (Å²) < 4.78 is 0. The van der Waals surface area contributed by atoms with Gasteiger partial charge < -0.3 is 11.1 Å². The summed E-state index contributed by atoms with van der Waals surface area (Å²) in [6.07, 6.45) is 3.56. The van der Waals surface area contributed by atoms with Crippen LogP contribution in [0.1, 0.15) is 25.1 Å². The van der Waals surface area contributed by atoms with Crippen LogP contribution in [0.5, 0.6) is 0 Å². The second-order valence-electron chi connectivity index (χ2n) is 4.92. The van der Waals surface area contributed by atoms with Crippen LogP contribution in [-0.2, 0) is 5.41 Å². The summed E-state index contributed by atoms with van der Waals surface area (Å²) in [4.78, 5) is 8.79. The van der Waals surface area contributed by atoms with Gasteiger partial charge in [0.05, 0.1) is 12.2 Å². The number of aliphatic imine (C=N–C) groups is 1. The topological polar surface area (TPSA) is 63.3 Å². The molecule has 1 heterocycles. The van der Waals surface area contributed by atoms with Gasteiger partial charge in [-0.25, -0.2) is 0 Å². The zero-order valence-electron chi connectivity index (χ0n) is 11.4. The van der Waals surface area contributed by atoms with E-state index in [0.29, 0.717) is 19.0 Å². The highest BCUT2D eigenvalue weighted by atomic mass is 15.1. The molecule has 0 fully saturated rings. The second-order valence-corrected chi connectivity index (χ2v) is 4.92. The number of hydrogen-bond acceptors (Lipinski definition) is 2. The van der Waals surface area contributed by atoms with Gasteiger partial charge in [0.25, 0.3) is 0 Å². The van der Waals surface area contributed by atoms with Gasteiger partial charge in [-0.3, -0.25) is 9.98 Å². The van der Waals surface area contributed by atoms with E-state index in [4.69, 9.17) is 5.73 Å². The van der Waals surface area contributed by atoms with Gasteiger partial charge in [0, 0.05) is 18.2 Å². The van der Waals surface area contributed by atoms with Crippen molar-refractivity contribution < 1.29 is 0 Å². The minimum Gasteiger partial charge on any atom is -0.370 e. The molecule has 0 amide bonds. The zero-order valence-corrected chi connectivity index (χ0v) is 11.4. The Morgan fingerprint density at radius 1 is 1.61 bits per heavy atom. The molecular formula is C14H22N4. The van der Waals surface area contributed by atoms with Crippen molar-refractivity contribution in [2.45, 2.75) is 26.2 Å². The lowest BCUT2D eigenvalue weighted by molar-refractivity contribution is 0.518. The lowest BCUT2D eigenvalue weighted by atomic mass is 9.86. The van der Waals surface area contributed by atoms with Crippen LogP contribution in [0.2, 0.25) is 0 Å². The molecule has 98 valence electrons. The zero-order chi connectivity index (χ0) is 13.6. The molecule has 0 bridgehead atoms. The first-order valence-corrected chi connectivity index (χ1v) is 6.04. The van der Waals surface area contributed by atoms with Gasteiger partial charge in [-0.05, 0) is 18.6 Å². The number of aryl methyl sites for hydroxylation is 1. The van der Waals surface area contributed by atoms with Crippen molar-refractivity contribution in [1.82, 2.24) is 10.3 Å². The largest absolute Gasteiger partial charge is 0.370 e. The summed E-state index contributed by atoms with van der Waals surface area (Å²) in [5.74, 6) is 0.441. The van der Waals surface area contributed by atoms with E-state index < -0.39 is 0 Å². The third-order valence-corrected chi connectivity index (χ3v) is 2.72. The molecule has 0 saturated carbocycles. The summed E-state index contributed by atoms with van der Waals surface area (Å²) in [7, 11) is 0. The highest BCUT2D eigenvalue weighted by molar-refractivity contribution is 5.78. The predicted molar refractivity (Wildman–Crippen MR) is 76.7 cm³/mol. The molecule has 3 N–H and O–H groups in total. The van der Waals surface area contributed by atoms with Gasteiger partial charge >= 0.3 is 0 Å². The Kier molecular flexibility index (Phi) is 4.89. The summed E-state index contributed by atoms with van der Waals surface area (Å²) in [6.45, 7) is 11.1. The number of nitrogens with two attached hydrogens (primary N) is 1. The molecule has 0 aliphatic rings. The van der Waals surface area contributed by atoms with E-state index in [1.807, 2.05) is 12.3 Å². The van der Waals surface area contributed by atoms with E-state index in [1.54, 1.807) is 6.08 Å². The smallest absolute Gasteiger partial charge is 0.188 e. The van der Waals surface area contributed by atoms with Crippen LogP contribution in [0.25, 0.3) is 0 Å². The number of nitrogens with zero attached hydrogens (tertiary/aromatic N) is 2. The molecule has 0 aromatic carbocycles. The second kappa shape index (κ2) is 6.19. The minimum absolute atomic E-state index is 0.133. The summed E-state index contributed by atoms with van der Waals surface area (Å²) >= 11 is 0. The molecule has 0 saturated heterocycles. The first kappa shape index (κ1) is 14.2. The van der Waals surface area contributed by atoms with E-state index >= 15 is 0 Å². The number of guanidine groups is 1. The fourth-order valence-corrected chi connectivity index (χ4v) is 1.78. The average Bonchev–Trinajstić information content (AvgIpc) is 2.34. The fourth-order valence-electron chi connectivity index (χ4n) is 1.78. The van der Waals surface area contributed by atoms with E-state index in [-0.39, 0.29) is 5.41 Å². The molecule has 0 atom stereocenters. The van der Waals surface area contributed by atoms with Crippen LogP contribution in [-0.4, -0.2) is 24.0 Å². The van der Waals surface area contributed by atoms with Gasteiger partial charge in [-0.2, -0.15) is 0 Å². The quantitative estimate of drug-likeness (QED) is 0.473. The summed E-state index contributed by atoms with van der Waals surface area (Å²) in [5, 5.41) is 2.96. The Hall–Kier alpha value is -1.84. The van der Waals surface area contributed by atoms with Gasteiger partial charge in [0.15, 0.2) is 5.96 Å².